The molecule has 0 radical (unpaired) electrons. The maximum atomic E-state index is 12.6. The maximum Gasteiger partial charge on any atom is 0.336 e. The molecule has 0 saturated carbocycles. The number of nitrogens with zero attached hydrogens (tertiary/aromatic N) is 1. The Morgan fingerprint density at radius 1 is 1.24 bits per heavy atom. The zero-order valence-corrected chi connectivity index (χ0v) is 15.4. The Hall–Kier alpha value is -2.59. The maximum absolute atomic E-state index is 12.6. The molecule has 1 aliphatic rings. The number of aliphatic carboxylic acids is 1. The summed E-state index contributed by atoms with van der Waals surface area (Å²) >= 11 is 3.35. The lowest BCUT2D eigenvalue weighted by atomic mass is 9.80. The number of carbonyl (C=O) groups excluding carboxylic acids is 1. The van der Waals surface area contributed by atoms with Crippen LogP contribution in [0.5, 0.6) is 0 Å². The van der Waals surface area contributed by atoms with E-state index in [1.807, 2.05) is 6.07 Å². The fourth-order valence-electron chi connectivity index (χ4n) is 2.80. The lowest BCUT2D eigenvalue weighted by molar-refractivity contribution is -0.139. The first-order valence-corrected chi connectivity index (χ1v) is 8.37. The SMILES string of the molecule is CC1=C(C(=O)O)C(c2ccc(Br)cc2)C(C(=O)OCCC#N)=C(C)N1. The molecule has 130 valence electrons. The summed E-state index contributed by atoms with van der Waals surface area (Å²) in [5.41, 5.74) is 2.03. The third kappa shape index (κ3) is 4.09. The fourth-order valence-corrected chi connectivity index (χ4v) is 3.07. The van der Waals surface area contributed by atoms with Gasteiger partial charge in [-0.3, -0.25) is 0 Å². The first-order valence-electron chi connectivity index (χ1n) is 7.58. The van der Waals surface area contributed by atoms with Gasteiger partial charge in [0.15, 0.2) is 0 Å². The van der Waals surface area contributed by atoms with Crippen LogP contribution in [-0.2, 0) is 14.3 Å². The Labute approximate surface area is 153 Å². The number of carboxylic acid groups (broad SMARTS) is 1. The van der Waals surface area contributed by atoms with E-state index in [0.717, 1.165) is 4.47 Å². The molecule has 0 bridgehead atoms. The quantitative estimate of drug-likeness (QED) is 0.577. The molecule has 0 aromatic heterocycles. The van der Waals surface area contributed by atoms with Crippen LogP contribution in [-0.4, -0.2) is 23.7 Å². The summed E-state index contributed by atoms with van der Waals surface area (Å²) in [6, 6.07) is 9.03. The van der Waals surface area contributed by atoms with Crippen molar-refractivity contribution in [2.75, 3.05) is 6.61 Å². The second-order valence-corrected chi connectivity index (χ2v) is 6.45. The van der Waals surface area contributed by atoms with E-state index in [2.05, 4.69) is 21.2 Å². The van der Waals surface area contributed by atoms with Gasteiger partial charge in [-0.05, 0) is 31.5 Å². The Morgan fingerprint density at radius 2 is 1.84 bits per heavy atom. The molecule has 0 saturated heterocycles. The fraction of sp³-hybridized carbons (Fsp3) is 0.278. The van der Waals surface area contributed by atoms with Crippen molar-refractivity contribution in [2.45, 2.75) is 26.2 Å². The van der Waals surface area contributed by atoms with E-state index in [0.29, 0.717) is 17.0 Å². The van der Waals surface area contributed by atoms with Crippen LogP contribution in [0, 0.1) is 11.3 Å². The Morgan fingerprint density at radius 3 is 2.40 bits per heavy atom. The number of halogens is 1. The van der Waals surface area contributed by atoms with Crippen molar-refractivity contribution in [3.63, 3.8) is 0 Å². The van der Waals surface area contributed by atoms with Crippen LogP contribution in [0.25, 0.3) is 0 Å². The highest BCUT2D eigenvalue weighted by molar-refractivity contribution is 9.10. The van der Waals surface area contributed by atoms with Crippen LogP contribution in [0.2, 0.25) is 0 Å². The van der Waals surface area contributed by atoms with Crippen LogP contribution in [0.3, 0.4) is 0 Å². The average molecular weight is 405 g/mol. The summed E-state index contributed by atoms with van der Waals surface area (Å²) in [5, 5.41) is 21.2. The number of nitriles is 1. The number of esters is 1. The molecule has 2 rings (SSSR count). The van der Waals surface area contributed by atoms with Gasteiger partial charge in [0.2, 0.25) is 0 Å². The normalized spacial score (nSPS) is 17.0. The van der Waals surface area contributed by atoms with Gasteiger partial charge in [-0.15, -0.1) is 0 Å². The molecule has 1 atom stereocenters. The molecule has 1 aromatic carbocycles. The molecule has 6 nitrogen and oxygen atoms in total. The zero-order chi connectivity index (χ0) is 18.6. The number of hydrogen-bond acceptors (Lipinski definition) is 5. The predicted octanol–water partition coefficient (Wildman–Crippen LogP) is 3.23. The van der Waals surface area contributed by atoms with E-state index in [9.17, 15) is 14.7 Å². The largest absolute Gasteiger partial charge is 0.478 e. The second kappa shape index (κ2) is 7.99. The minimum atomic E-state index is -1.10. The second-order valence-electron chi connectivity index (χ2n) is 5.54. The highest BCUT2D eigenvalue weighted by atomic mass is 79.9. The van der Waals surface area contributed by atoms with E-state index in [1.165, 1.54) is 0 Å². The molecule has 2 N–H and O–H groups in total. The van der Waals surface area contributed by atoms with Crippen LogP contribution in [0.4, 0.5) is 0 Å². The molecule has 1 aromatic rings. The van der Waals surface area contributed by atoms with Crippen molar-refractivity contribution in [3.8, 4) is 6.07 Å². The number of carbonyl (C=O) groups is 2. The van der Waals surface area contributed by atoms with Gasteiger partial charge in [-0.25, -0.2) is 9.59 Å². The molecule has 0 spiro atoms. The van der Waals surface area contributed by atoms with Crippen molar-refractivity contribution in [1.29, 1.82) is 5.26 Å². The molecule has 0 fully saturated rings. The summed E-state index contributed by atoms with van der Waals surface area (Å²) in [4.78, 5) is 24.4. The number of ether oxygens (including phenoxy) is 1. The predicted molar refractivity (Wildman–Crippen MR) is 94.2 cm³/mol. The number of nitrogens with one attached hydrogen (secondary N) is 1. The van der Waals surface area contributed by atoms with Crippen molar-refractivity contribution >= 4 is 27.9 Å². The van der Waals surface area contributed by atoms with Gasteiger partial charge in [0.05, 0.1) is 29.6 Å². The number of hydrogen-bond donors (Lipinski definition) is 2. The van der Waals surface area contributed by atoms with E-state index < -0.39 is 17.9 Å². The van der Waals surface area contributed by atoms with Gasteiger partial charge in [0.1, 0.15) is 6.61 Å². The van der Waals surface area contributed by atoms with Crippen LogP contribution >= 0.6 is 15.9 Å². The van der Waals surface area contributed by atoms with Gasteiger partial charge in [-0.1, -0.05) is 28.1 Å². The van der Waals surface area contributed by atoms with Crippen molar-refractivity contribution < 1.29 is 19.4 Å². The lowest BCUT2D eigenvalue weighted by Gasteiger charge is -2.29. The number of carboxylic acids is 1. The Kier molecular flexibility index (Phi) is 5.99. The van der Waals surface area contributed by atoms with Crippen molar-refractivity contribution in [2.24, 2.45) is 0 Å². The minimum Gasteiger partial charge on any atom is -0.478 e. The van der Waals surface area contributed by atoms with E-state index in [1.54, 1.807) is 38.1 Å². The third-order valence-corrected chi connectivity index (χ3v) is 4.39. The van der Waals surface area contributed by atoms with E-state index in [4.69, 9.17) is 10.00 Å². The molecule has 7 heteroatoms. The van der Waals surface area contributed by atoms with Gasteiger partial charge in [0, 0.05) is 15.9 Å². The Balaban J connectivity index is 2.52. The molecule has 25 heavy (non-hydrogen) atoms. The van der Waals surface area contributed by atoms with Crippen molar-refractivity contribution in [1.82, 2.24) is 5.32 Å². The van der Waals surface area contributed by atoms with Crippen LogP contribution in [0.15, 0.2) is 51.3 Å². The monoisotopic (exact) mass is 404 g/mol. The van der Waals surface area contributed by atoms with Gasteiger partial charge < -0.3 is 15.2 Å². The van der Waals surface area contributed by atoms with Crippen LogP contribution in [0.1, 0.15) is 31.7 Å². The van der Waals surface area contributed by atoms with Crippen molar-refractivity contribution in [3.05, 3.63) is 56.8 Å². The van der Waals surface area contributed by atoms with E-state index >= 15 is 0 Å². The summed E-state index contributed by atoms with van der Waals surface area (Å²) in [6.45, 7) is 3.33. The average Bonchev–Trinajstić information content (AvgIpc) is 2.54. The van der Waals surface area contributed by atoms with Crippen LogP contribution < -0.4 is 5.32 Å². The molecule has 1 unspecified atom stereocenters. The minimum absolute atomic E-state index is 0.0374. The molecular weight excluding hydrogens is 388 g/mol. The Bertz CT molecular complexity index is 803. The first kappa shape index (κ1) is 18.7. The van der Waals surface area contributed by atoms with Gasteiger partial charge >= 0.3 is 11.9 Å². The summed E-state index contributed by atoms with van der Waals surface area (Å²) in [6.07, 6.45) is 0.0785. The first-order chi connectivity index (χ1) is 11.9. The number of dihydropyridines is 1. The number of rotatable bonds is 5. The van der Waals surface area contributed by atoms with E-state index in [-0.39, 0.29) is 24.2 Å². The highest BCUT2D eigenvalue weighted by Gasteiger charge is 2.37. The summed E-state index contributed by atoms with van der Waals surface area (Å²) in [5.74, 6) is -2.48. The molecular formula is C18H17BrN2O4. The molecule has 0 amide bonds. The van der Waals surface area contributed by atoms with Gasteiger partial charge in [-0.2, -0.15) is 5.26 Å². The summed E-state index contributed by atoms with van der Waals surface area (Å²) in [7, 11) is 0. The third-order valence-electron chi connectivity index (χ3n) is 3.86. The summed E-state index contributed by atoms with van der Waals surface area (Å²) < 4.78 is 6.00. The van der Waals surface area contributed by atoms with Gasteiger partial charge in [0.25, 0.3) is 0 Å². The number of allylic oxidation sites excluding steroid dienone is 2. The number of benzene rings is 1. The molecule has 1 aliphatic heterocycles. The smallest absolute Gasteiger partial charge is 0.336 e. The molecule has 1 heterocycles. The standard InChI is InChI=1S/C18H17BrN2O4/c1-10-14(17(22)23)16(12-4-6-13(19)7-5-12)15(11(2)21-10)18(24)25-9-3-8-20/h4-7,16,21H,3,9H2,1-2H3,(H,22,23). The zero-order valence-electron chi connectivity index (χ0n) is 13.8. The lowest BCUT2D eigenvalue weighted by Crippen LogP contribution is -2.31. The molecule has 0 aliphatic carbocycles. The topological polar surface area (TPSA) is 99.4 Å². The highest BCUT2D eigenvalue weighted by Crippen LogP contribution is 2.39.